The summed E-state index contributed by atoms with van der Waals surface area (Å²) in [6.07, 6.45) is 6.81. The smallest absolute Gasteiger partial charge is 0.225 e. The summed E-state index contributed by atoms with van der Waals surface area (Å²) in [6, 6.07) is 12.1. The van der Waals surface area contributed by atoms with Crippen molar-refractivity contribution in [2.75, 3.05) is 17.2 Å². The Morgan fingerprint density at radius 1 is 1.08 bits per heavy atom. The number of hydrogen-bond acceptors (Lipinski definition) is 6. The van der Waals surface area contributed by atoms with Gasteiger partial charge in [0.2, 0.25) is 5.95 Å². The van der Waals surface area contributed by atoms with Gasteiger partial charge in [0.15, 0.2) is 5.82 Å². The van der Waals surface area contributed by atoms with Gasteiger partial charge in [0.25, 0.3) is 0 Å². The first-order chi connectivity index (χ1) is 12.8. The lowest BCUT2D eigenvalue weighted by molar-refractivity contribution is 0.581. The molecule has 4 rings (SSSR count). The normalized spacial score (nSPS) is 16.0. The van der Waals surface area contributed by atoms with Gasteiger partial charge in [-0.1, -0.05) is 30.3 Å². The van der Waals surface area contributed by atoms with Crippen LogP contribution in [0.15, 0.2) is 48.8 Å². The number of benzene rings is 1. The molecular weight excluding hydrogens is 324 g/mol. The number of nitrogens with zero attached hydrogens (tertiary/aromatic N) is 4. The van der Waals surface area contributed by atoms with Crippen LogP contribution in [0.2, 0.25) is 0 Å². The van der Waals surface area contributed by atoms with Crippen molar-refractivity contribution in [3.63, 3.8) is 0 Å². The minimum atomic E-state index is 0.139. The van der Waals surface area contributed by atoms with Gasteiger partial charge in [0.05, 0.1) is 6.04 Å². The fourth-order valence-corrected chi connectivity index (χ4v) is 3.29. The fourth-order valence-electron chi connectivity index (χ4n) is 3.29. The molecule has 26 heavy (non-hydrogen) atoms. The Labute approximate surface area is 153 Å². The summed E-state index contributed by atoms with van der Waals surface area (Å²) in [4.78, 5) is 18.3. The monoisotopic (exact) mass is 346 g/mol. The zero-order valence-electron chi connectivity index (χ0n) is 14.8. The largest absolute Gasteiger partial charge is 0.370 e. The number of aryl methyl sites for hydroxylation is 1. The molecule has 1 aliphatic rings. The number of anilines is 2. The topological polar surface area (TPSA) is 75.6 Å². The third-order valence-corrected chi connectivity index (χ3v) is 4.53. The maximum absolute atomic E-state index is 4.82. The van der Waals surface area contributed by atoms with E-state index in [1.54, 1.807) is 6.20 Å². The highest BCUT2D eigenvalue weighted by Gasteiger charge is 2.23. The van der Waals surface area contributed by atoms with E-state index >= 15 is 0 Å². The Morgan fingerprint density at radius 2 is 1.96 bits per heavy atom. The maximum atomic E-state index is 4.82. The lowest BCUT2D eigenvalue weighted by Crippen LogP contribution is -2.20. The summed E-state index contributed by atoms with van der Waals surface area (Å²) in [5, 5.41) is 6.67. The predicted molar refractivity (Wildman–Crippen MR) is 103 cm³/mol. The van der Waals surface area contributed by atoms with Crippen LogP contribution >= 0.6 is 0 Å². The van der Waals surface area contributed by atoms with Crippen molar-refractivity contribution in [2.45, 2.75) is 32.2 Å². The number of aromatic nitrogens is 4. The highest BCUT2D eigenvalue weighted by atomic mass is 15.2. The number of hydrogen-bond donors (Lipinski definition) is 2. The third-order valence-electron chi connectivity index (χ3n) is 4.53. The minimum Gasteiger partial charge on any atom is -0.370 e. The van der Waals surface area contributed by atoms with Crippen LogP contribution in [0.3, 0.4) is 0 Å². The maximum Gasteiger partial charge on any atom is 0.225 e. The predicted octanol–water partition coefficient (Wildman–Crippen LogP) is 3.85. The molecule has 0 unspecified atom stereocenters. The van der Waals surface area contributed by atoms with Crippen LogP contribution in [0, 0.1) is 0 Å². The van der Waals surface area contributed by atoms with Crippen LogP contribution < -0.4 is 10.6 Å². The van der Waals surface area contributed by atoms with Gasteiger partial charge in [-0.25, -0.2) is 15.0 Å². The number of fused-ring (bicyclic) bond motifs is 1. The van der Waals surface area contributed by atoms with Crippen molar-refractivity contribution < 1.29 is 0 Å². The van der Waals surface area contributed by atoms with Crippen LogP contribution in [-0.2, 0) is 6.42 Å². The van der Waals surface area contributed by atoms with Crippen LogP contribution in [0.5, 0.6) is 0 Å². The van der Waals surface area contributed by atoms with Gasteiger partial charge in [0, 0.05) is 35.8 Å². The second-order valence-corrected chi connectivity index (χ2v) is 6.35. The van der Waals surface area contributed by atoms with Gasteiger partial charge >= 0.3 is 0 Å². The van der Waals surface area contributed by atoms with Gasteiger partial charge in [0.1, 0.15) is 5.82 Å². The van der Waals surface area contributed by atoms with E-state index in [9.17, 15) is 0 Å². The molecule has 0 aliphatic heterocycles. The quantitative estimate of drug-likeness (QED) is 0.731. The van der Waals surface area contributed by atoms with E-state index in [2.05, 4.69) is 25.6 Å². The average molecular weight is 346 g/mol. The summed E-state index contributed by atoms with van der Waals surface area (Å²) in [7, 11) is 0. The molecule has 0 fully saturated rings. The van der Waals surface area contributed by atoms with E-state index in [0.29, 0.717) is 5.95 Å². The van der Waals surface area contributed by atoms with Crippen molar-refractivity contribution in [2.24, 2.45) is 0 Å². The lowest BCUT2D eigenvalue weighted by atomic mass is 9.92. The van der Waals surface area contributed by atoms with E-state index in [0.717, 1.165) is 54.3 Å². The Balaban J connectivity index is 1.58. The van der Waals surface area contributed by atoms with Gasteiger partial charge in [-0.3, -0.25) is 0 Å². The standard InChI is InChI=1S/C20H22N6/c1-2-21-18-11-12-22-20(26-18)25-17-10-6-9-16-15(17)13-23-19(24-16)14-7-4-3-5-8-14/h3-5,7-8,11-13,17H,2,6,9-10H2,1H3,(H2,21,22,25,26)/t17-/m1/s1. The molecule has 0 saturated carbocycles. The Kier molecular flexibility index (Phi) is 4.73. The van der Waals surface area contributed by atoms with E-state index in [4.69, 9.17) is 4.98 Å². The van der Waals surface area contributed by atoms with Gasteiger partial charge in [-0.05, 0) is 32.3 Å². The van der Waals surface area contributed by atoms with Crippen molar-refractivity contribution >= 4 is 11.8 Å². The molecule has 1 atom stereocenters. The molecule has 0 amide bonds. The highest BCUT2D eigenvalue weighted by Crippen LogP contribution is 2.31. The van der Waals surface area contributed by atoms with Crippen LogP contribution in [0.25, 0.3) is 11.4 Å². The zero-order valence-corrected chi connectivity index (χ0v) is 14.8. The van der Waals surface area contributed by atoms with Crippen molar-refractivity contribution in [3.8, 4) is 11.4 Å². The molecule has 2 aromatic heterocycles. The second kappa shape index (κ2) is 7.47. The Bertz CT molecular complexity index is 880. The lowest BCUT2D eigenvalue weighted by Gasteiger charge is -2.25. The molecule has 6 heteroatoms. The Hall–Kier alpha value is -3.02. The van der Waals surface area contributed by atoms with E-state index in [1.165, 1.54) is 0 Å². The molecule has 0 radical (unpaired) electrons. The first-order valence-electron chi connectivity index (χ1n) is 9.08. The number of rotatable bonds is 5. The molecular formula is C20H22N6. The first kappa shape index (κ1) is 16.4. The highest BCUT2D eigenvalue weighted by molar-refractivity contribution is 5.55. The van der Waals surface area contributed by atoms with E-state index < -0.39 is 0 Å². The molecule has 1 aliphatic carbocycles. The summed E-state index contributed by atoms with van der Waals surface area (Å²) in [6.45, 7) is 2.88. The van der Waals surface area contributed by atoms with Gasteiger partial charge in [-0.2, -0.15) is 4.98 Å². The van der Waals surface area contributed by atoms with Crippen molar-refractivity contribution in [1.82, 2.24) is 19.9 Å². The second-order valence-electron chi connectivity index (χ2n) is 6.35. The van der Waals surface area contributed by atoms with Crippen LogP contribution in [0.1, 0.15) is 37.1 Å². The van der Waals surface area contributed by atoms with E-state index in [1.807, 2.05) is 49.5 Å². The summed E-state index contributed by atoms with van der Waals surface area (Å²) < 4.78 is 0. The minimum absolute atomic E-state index is 0.139. The molecule has 0 spiro atoms. The molecule has 1 aromatic carbocycles. The fraction of sp³-hybridized carbons (Fsp3) is 0.300. The Morgan fingerprint density at radius 3 is 2.81 bits per heavy atom. The molecule has 3 aromatic rings. The first-order valence-corrected chi connectivity index (χ1v) is 9.08. The molecule has 0 bridgehead atoms. The van der Waals surface area contributed by atoms with Crippen molar-refractivity contribution in [1.29, 1.82) is 0 Å². The van der Waals surface area contributed by atoms with Gasteiger partial charge < -0.3 is 10.6 Å². The molecule has 132 valence electrons. The van der Waals surface area contributed by atoms with Crippen LogP contribution in [0.4, 0.5) is 11.8 Å². The molecule has 0 saturated heterocycles. The van der Waals surface area contributed by atoms with Crippen molar-refractivity contribution in [3.05, 3.63) is 60.0 Å². The zero-order chi connectivity index (χ0) is 17.8. The molecule has 2 N–H and O–H groups in total. The summed E-state index contributed by atoms with van der Waals surface area (Å²) in [5.74, 6) is 2.25. The van der Waals surface area contributed by atoms with E-state index in [-0.39, 0.29) is 6.04 Å². The average Bonchev–Trinajstić information content (AvgIpc) is 2.69. The summed E-state index contributed by atoms with van der Waals surface area (Å²) in [5.41, 5.74) is 3.31. The third kappa shape index (κ3) is 3.49. The molecule has 2 heterocycles. The number of nitrogens with one attached hydrogen (secondary N) is 2. The molecule has 6 nitrogen and oxygen atoms in total. The SMILES string of the molecule is CCNc1ccnc(N[C@@H]2CCCc3nc(-c4ccccc4)ncc32)n1. The van der Waals surface area contributed by atoms with Crippen LogP contribution in [-0.4, -0.2) is 26.5 Å². The van der Waals surface area contributed by atoms with Gasteiger partial charge in [-0.15, -0.1) is 0 Å². The summed E-state index contributed by atoms with van der Waals surface area (Å²) >= 11 is 0.